The molecule has 0 saturated carbocycles. The van der Waals surface area contributed by atoms with Gasteiger partial charge in [0.05, 0.1) is 15.7 Å². The molecule has 1 N–H and O–H groups in total. The number of benzene rings is 2. The number of carbonyl (C=O) groups excluding carboxylic acids is 3. The van der Waals surface area contributed by atoms with Crippen LogP contribution in [-0.2, 0) is 9.59 Å². The van der Waals surface area contributed by atoms with Crippen molar-refractivity contribution in [3.8, 4) is 11.3 Å². The van der Waals surface area contributed by atoms with E-state index < -0.39 is 17.8 Å². The van der Waals surface area contributed by atoms with Crippen LogP contribution in [0.4, 0.5) is 10.5 Å². The Morgan fingerprint density at radius 2 is 1.73 bits per heavy atom. The molecule has 2 heterocycles. The SMILES string of the molecule is Cc1ccccc1N1C(=O)NC(=O)/C(=C/c2ccc(-c3cccc(Cl)c3Cl)o2)C1=O. The molecule has 0 atom stereocenters. The Labute approximate surface area is 181 Å². The lowest BCUT2D eigenvalue weighted by Gasteiger charge is -2.27. The van der Waals surface area contributed by atoms with Gasteiger partial charge in [0.15, 0.2) is 0 Å². The molecule has 1 aliphatic heterocycles. The van der Waals surface area contributed by atoms with E-state index in [4.69, 9.17) is 27.6 Å². The Hall–Kier alpha value is -3.35. The molecule has 3 aromatic rings. The van der Waals surface area contributed by atoms with Crippen molar-refractivity contribution in [1.82, 2.24) is 5.32 Å². The van der Waals surface area contributed by atoms with Crippen molar-refractivity contribution in [2.24, 2.45) is 0 Å². The molecule has 1 fully saturated rings. The molecular weight excluding hydrogens is 427 g/mol. The van der Waals surface area contributed by atoms with Crippen LogP contribution in [-0.4, -0.2) is 17.8 Å². The van der Waals surface area contributed by atoms with Gasteiger partial charge < -0.3 is 4.42 Å². The minimum atomic E-state index is -0.803. The largest absolute Gasteiger partial charge is 0.457 e. The van der Waals surface area contributed by atoms with Crippen molar-refractivity contribution in [3.63, 3.8) is 0 Å². The topological polar surface area (TPSA) is 79.6 Å². The summed E-state index contributed by atoms with van der Waals surface area (Å²) in [4.78, 5) is 38.6. The molecule has 4 amide bonds. The third-order valence-corrected chi connectivity index (χ3v) is 5.41. The summed E-state index contributed by atoms with van der Waals surface area (Å²) in [5.74, 6) is -0.867. The Balaban J connectivity index is 1.71. The van der Waals surface area contributed by atoms with Gasteiger partial charge in [0.1, 0.15) is 17.1 Å². The van der Waals surface area contributed by atoms with Crippen LogP contribution in [0.5, 0.6) is 0 Å². The minimum Gasteiger partial charge on any atom is -0.457 e. The van der Waals surface area contributed by atoms with Gasteiger partial charge in [0.25, 0.3) is 11.8 Å². The Morgan fingerprint density at radius 1 is 0.967 bits per heavy atom. The molecule has 150 valence electrons. The number of para-hydroxylation sites is 1. The number of aryl methyl sites for hydroxylation is 1. The number of anilines is 1. The van der Waals surface area contributed by atoms with Crippen LogP contribution in [0.2, 0.25) is 10.0 Å². The van der Waals surface area contributed by atoms with Crippen molar-refractivity contribution in [2.75, 3.05) is 4.90 Å². The van der Waals surface area contributed by atoms with Crippen LogP contribution in [0.1, 0.15) is 11.3 Å². The lowest BCUT2D eigenvalue weighted by Crippen LogP contribution is -2.54. The van der Waals surface area contributed by atoms with Gasteiger partial charge in [-0.1, -0.05) is 47.5 Å². The minimum absolute atomic E-state index is 0.226. The van der Waals surface area contributed by atoms with E-state index in [0.717, 1.165) is 4.90 Å². The maximum Gasteiger partial charge on any atom is 0.335 e. The normalized spacial score (nSPS) is 15.6. The van der Waals surface area contributed by atoms with Crippen LogP contribution in [0, 0.1) is 6.92 Å². The summed E-state index contributed by atoms with van der Waals surface area (Å²) < 4.78 is 5.74. The van der Waals surface area contributed by atoms with Crippen LogP contribution >= 0.6 is 23.2 Å². The number of nitrogens with zero attached hydrogens (tertiary/aromatic N) is 1. The van der Waals surface area contributed by atoms with Crippen molar-refractivity contribution in [3.05, 3.63) is 81.5 Å². The molecule has 1 saturated heterocycles. The molecule has 0 spiro atoms. The van der Waals surface area contributed by atoms with E-state index in [1.54, 1.807) is 61.5 Å². The quantitative estimate of drug-likeness (QED) is 0.446. The zero-order chi connectivity index (χ0) is 21.4. The van der Waals surface area contributed by atoms with Gasteiger partial charge in [-0.2, -0.15) is 0 Å². The third kappa shape index (κ3) is 3.51. The standard InChI is InChI=1S/C22H14Cl2N2O4/c1-12-5-2-3-8-17(12)26-21(28)15(20(27)25-22(26)29)11-13-9-10-18(30-13)14-6-4-7-16(23)19(14)24/h2-11H,1H3,(H,25,27,29)/b15-11-. The van der Waals surface area contributed by atoms with E-state index in [1.165, 1.54) is 6.08 Å². The summed E-state index contributed by atoms with van der Waals surface area (Å²) in [5.41, 5.74) is 1.45. The monoisotopic (exact) mass is 440 g/mol. The summed E-state index contributed by atoms with van der Waals surface area (Å²) >= 11 is 12.3. The smallest absolute Gasteiger partial charge is 0.335 e. The summed E-state index contributed by atoms with van der Waals surface area (Å²) in [7, 11) is 0. The van der Waals surface area contributed by atoms with Gasteiger partial charge in [0.2, 0.25) is 0 Å². The predicted molar refractivity (Wildman–Crippen MR) is 114 cm³/mol. The number of amides is 4. The molecule has 1 aliphatic rings. The van der Waals surface area contributed by atoms with Gasteiger partial charge in [-0.15, -0.1) is 0 Å². The Kier molecular flexibility index (Phi) is 5.20. The van der Waals surface area contributed by atoms with Crippen molar-refractivity contribution in [1.29, 1.82) is 0 Å². The first-order chi connectivity index (χ1) is 14.4. The number of imide groups is 2. The molecule has 0 radical (unpaired) electrons. The van der Waals surface area contributed by atoms with Gasteiger partial charge >= 0.3 is 6.03 Å². The molecule has 2 aromatic carbocycles. The van der Waals surface area contributed by atoms with Gasteiger partial charge in [0, 0.05) is 5.56 Å². The predicted octanol–water partition coefficient (Wildman–Crippen LogP) is 5.23. The van der Waals surface area contributed by atoms with E-state index >= 15 is 0 Å². The first-order valence-corrected chi connectivity index (χ1v) is 9.63. The highest BCUT2D eigenvalue weighted by Gasteiger charge is 2.37. The molecule has 4 rings (SSSR count). The van der Waals surface area contributed by atoms with Gasteiger partial charge in [-0.3, -0.25) is 14.9 Å². The second-order valence-corrected chi connectivity index (χ2v) is 7.33. The molecular formula is C22H14Cl2N2O4. The fourth-order valence-electron chi connectivity index (χ4n) is 3.10. The number of halogens is 2. The van der Waals surface area contributed by atoms with E-state index in [9.17, 15) is 14.4 Å². The number of barbiturate groups is 1. The van der Waals surface area contributed by atoms with Gasteiger partial charge in [-0.25, -0.2) is 9.69 Å². The van der Waals surface area contributed by atoms with E-state index in [-0.39, 0.29) is 11.3 Å². The van der Waals surface area contributed by atoms with Crippen molar-refractivity contribution < 1.29 is 18.8 Å². The summed E-state index contributed by atoms with van der Waals surface area (Å²) in [6.07, 6.45) is 1.29. The fourth-order valence-corrected chi connectivity index (χ4v) is 3.50. The zero-order valence-corrected chi connectivity index (χ0v) is 17.1. The molecule has 1 aromatic heterocycles. The highest BCUT2D eigenvalue weighted by molar-refractivity contribution is 6.43. The second kappa shape index (κ2) is 7.82. The van der Waals surface area contributed by atoms with E-state index in [1.807, 2.05) is 0 Å². The summed E-state index contributed by atoms with van der Waals surface area (Å²) in [5, 5.41) is 2.89. The average molecular weight is 441 g/mol. The van der Waals surface area contributed by atoms with Crippen molar-refractivity contribution in [2.45, 2.75) is 6.92 Å². The summed E-state index contributed by atoms with van der Waals surface area (Å²) in [6.45, 7) is 1.77. The number of hydrogen-bond donors (Lipinski definition) is 1. The lowest BCUT2D eigenvalue weighted by atomic mass is 10.1. The fraction of sp³-hybridized carbons (Fsp3) is 0.0455. The third-order valence-electron chi connectivity index (χ3n) is 4.59. The highest BCUT2D eigenvalue weighted by atomic mass is 35.5. The first kappa shape index (κ1) is 19.9. The van der Waals surface area contributed by atoms with Crippen LogP contribution in [0.25, 0.3) is 17.4 Å². The number of urea groups is 1. The maximum absolute atomic E-state index is 13.0. The molecule has 6 nitrogen and oxygen atoms in total. The van der Waals surface area contributed by atoms with Crippen LogP contribution in [0.3, 0.4) is 0 Å². The Morgan fingerprint density at radius 3 is 2.50 bits per heavy atom. The molecule has 0 bridgehead atoms. The first-order valence-electron chi connectivity index (χ1n) is 8.88. The highest BCUT2D eigenvalue weighted by Crippen LogP contribution is 2.35. The van der Waals surface area contributed by atoms with Gasteiger partial charge in [-0.05, 0) is 48.9 Å². The number of rotatable bonds is 3. The molecule has 0 unspecified atom stereocenters. The zero-order valence-electron chi connectivity index (χ0n) is 15.6. The van der Waals surface area contributed by atoms with Crippen molar-refractivity contribution >= 4 is 52.8 Å². The number of furan rings is 1. The van der Waals surface area contributed by atoms with Crippen LogP contribution < -0.4 is 10.2 Å². The number of nitrogens with one attached hydrogen (secondary N) is 1. The second-order valence-electron chi connectivity index (χ2n) is 6.55. The molecule has 8 heteroatoms. The number of carbonyl (C=O) groups is 3. The maximum atomic E-state index is 13.0. The average Bonchev–Trinajstić information content (AvgIpc) is 3.17. The summed E-state index contributed by atoms with van der Waals surface area (Å²) in [6, 6.07) is 14.5. The molecule has 0 aliphatic carbocycles. The number of hydrogen-bond acceptors (Lipinski definition) is 4. The van der Waals surface area contributed by atoms with Crippen LogP contribution in [0.15, 0.2) is 64.6 Å². The Bertz CT molecular complexity index is 1230. The lowest BCUT2D eigenvalue weighted by molar-refractivity contribution is -0.122. The molecule has 30 heavy (non-hydrogen) atoms. The van der Waals surface area contributed by atoms with E-state index in [2.05, 4.69) is 5.32 Å². The van der Waals surface area contributed by atoms with E-state index in [0.29, 0.717) is 32.6 Å².